The van der Waals surface area contributed by atoms with Gasteiger partial charge in [0.15, 0.2) is 0 Å². The monoisotopic (exact) mass is 219 g/mol. The van der Waals surface area contributed by atoms with Crippen LogP contribution < -0.4 is 5.73 Å². The molecular formula is C12H17N3O. The van der Waals surface area contributed by atoms with Crippen molar-refractivity contribution in [3.63, 3.8) is 0 Å². The van der Waals surface area contributed by atoms with Crippen LogP contribution >= 0.6 is 0 Å². The Bertz CT molecular complexity index is 366. The maximum absolute atomic E-state index is 11.9. The molecule has 1 fully saturated rings. The summed E-state index contributed by atoms with van der Waals surface area (Å²) in [4.78, 5) is 18.0. The molecule has 2 rings (SSSR count). The molecular weight excluding hydrogens is 202 g/mol. The second-order valence-electron chi connectivity index (χ2n) is 4.21. The standard InChI is InChI=1S/C12H17N3O/c1-9(11-6-2-3-7-14-11)15-8-4-5-10(13)12(15)16/h2-3,6-7,9-10H,4-5,8,13H2,1H3. The Morgan fingerprint density at radius 3 is 3.06 bits per heavy atom. The van der Waals surface area contributed by atoms with Crippen molar-refractivity contribution >= 4 is 5.91 Å². The lowest BCUT2D eigenvalue weighted by atomic mass is 10.0. The smallest absolute Gasteiger partial charge is 0.240 e. The highest BCUT2D eigenvalue weighted by molar-refractivity contribution is 5.82. The maximum atomic E-state index is 11.9. The van der Waals surface area contributed by atoms with E-state index in [1.807, 2.05) is 30.0 Å². The van der Waals surface area contributed by atoms with Crippen molar-refractivity contribution in [1.82, 2.24) is 9.88 Å². The number of pyridine rings is 1. The zero-order chi connectivity index (χ0) is 11.5. The highest BCUT2D eigenvalue weighted by atomic mass is 16.2. The molecule has 1 saturated heterocycles. The first-order valence-corrected chi connectivity index (χ1v) is 5.67. The Morgan fingerprint density at radius 1 is 1.56 bits per heavy atom. The zero-order valence-electron chi connectivity index (χ0n) is 9.47. The van der Waals surface area contributed by atoms with E-state index in [0.717, 1.165) is 25.1 Å². The van der Waals surface area contributed by atoms with Gasteiger partial charge in [-0.2, -0.15) is 0 Å². The van der Waals surface area contributed by atoms with Crippen LogP contribution in [0.15, 0.2) is 24.4 Å². The topological polar surface area (TPSA) is 59.2 Å². The fraction of sp³-hybridized carbons (Fsp3) is 0.500. The van der Waals surface area contributed by atoms with Crippen molar-refractivity contribution < 1.29 is 4.79 Å². The lowest BCUT2D eigenvalue weighted by Crippen LogP contribution is -2.49. The molecule has 0 saturated carbocycles. The summed E-state index contributed by atoms with van der Waals surface area (Å²) < 4.78 is 0. The number of hydrogen-bond acceptors (Lipinski definition) is 3. The minimum atomic E-state index is -0.333. The van der Waals surface area contributed by atoms with Gasteiger partial charge in [-0.3, -0.25) is 9.78 Å². The Hall–Kier alpha value is -1.42. The summed E-state index contributed by atoms with van der Waals surface area (Å²) >= 11 is 0. The lowest BCUT2D eigenvalue weighted by Gasteiger charge is -2.34. The maximum Gasteiger partial charge on any atom is 0.240 e. The molecule has 0 aliphatic carbocycles. The molecule has 0 radical (unpaired) electrons. The molecule has 1 aliphatic heterocycles. The molecule has 2 N–H and O–H groups in total. The summed E-state index contributed by atoms with van der Waals surface area (Å²) in [5, 5.41) is 0. The van der Waals surface area contributed by atoms with Crippen LogP contribution in [0.5, 0.6) is 0 Å². The van der Waals surface area contributed by atoms with Gasteiger partial charge in [0.05, 0.1) is 17.8 Å². The number of hydrogen-bond donors (Lipinski definition) is 1. The number of piperidine rings is 1. The normalized spacial score (nSPS) is 23.2. The van der Waals surface area contributed by atoms with Gasteiger partial charge in [-0.1, -0.05) is 6.07 Å². The summed E-state index contributed by atoms with van der Waals surface area (Å²) in [7, 11) is 0. The predicted molar refractivity (Wildman–Crippen MR) is 61.6 cm³/mol. The zero-order valence-corrected chi connectivity index (χ0v) is 9.47. The van der Waals surface area contributed by atoms with Crippen LogP contribution in [0, 0.1) is 0 Å². The second kappa shape index (κ2) is 4.61. The van der Waals surface area contributed by atoms with Crippen LogP contribution in [0.4, 0.5) is 0 Å². The third-order valence-electron chi connectivity index (χ3n) is 3.10. The van der Waals surface area contributed by atoms with E-state index in [1.165, 1.54) is 0 Å². The van der Waals surface area contributed by atoms with E-state index in [9.17, 15) is 4.79 Å². The Morgan fingerprint density at radius 2 is 2.38 bits per heavy atom. The van der Waals surface area contributed by atoms with Gasteiger partial charge in [0, 0.05) is 12.7 Å². The van der Waals surface area contributed by atoms with Crippen molar-refractivity contribution in [2.45, 2.75) is 31.8 Å². The van der Waals surface area contributed by atoms with Crippen LogP contribution in [0.3, 0.4) is 0 Å². The molecule has 4 nitrogen and oxygen atoms in total. The predicted octanol–water partition coefficient (Wildman–Crippen LogP) is 1.09. The van der Waals surface area contributed by atoms with Gasteiger partial charge in [-0.05, 0) is 31.9 Å². The first kappa shape index (κ1) is 11.1. The molecule has 16 heavy (non-hydrogen) atoms. The van der Waals surface area contributed by atoms with Gasteiger partial charge in [0.2, 0.25) is 5.91 Å². The molecule has 0 bridgehead atoms. The Balaban J connectivity index is 2.15. The fourth-order valence-electron chi connectivity index (χ4n) is 2.10. The first-order valence-electron chi connectivity index (χ1n) is 5.67. The van der Waals surface area contributed by atoms with Crippen LogP contribution in [0.25, 0.3) is 0 Å². The van der Waals surface area contributed by atoms with Crippen molar-refractivity contribution in [2.24, 2.45) is 5.73 Å². The van der Waals surface area contributed by atoms with Crippen molar-refractivity contribution in [2.75, 3.05) is 6.54 Å². The minimum Gasteiger partial charge on any atom is -0.333 e. The van der Waals surface area contributed by atoms with Gasteiger partial charge in [-0.25, -0.2) is 0 Å². The van der Waals surface area contributed by atoms with E-state index < -0.39 is 0 Å². The third-order valence-corrected chi connectivity index (χ3v) is 3.10. The summed E-state index contributed by atoms with van der Waals surface area (Å²) in [5.41, 5.74) is 6.69. The number of likely N-dealkylation sites (tertiary alicyclic amines) is 1. The van der Waals surface area contributed by atoms with E-state index in [1.54, 1.807) is 6.20 Å². The highest BCUT2D eigenvalue weighted by Gasteiger charge is 2.29. The van der Waals surface area contributed by atoms with Crippen molar-refractivity contribution in [3.8, 4) is 0 Å². The van der Waals surface area contributed by atoms with Crippen LogP contribution in [-0.4, -0.2) is 28.4 Å². The summed E-state index contributed by atoms with van der Waals surface area (Å²) in [6.45, 7) is 2.78. The molecule has 2 unspecified atom stereocenters. The molecule has 4 heteroatoms. The average molecular weight is 219 g/mol. The van der Waals surface area contributed by atoms with E-state index in [2.05, 4.69) is 4.98 Å². The summed E-state index contributed by atoms with van der Waals surface area (Å²) in [5.74, 6) is 0.0457. The molecule has 2 heterocycles. The molecule has 2 atom stereocenters. The lowest BCUT2D eigenvalue weighted by molar-refractivity contribution is -0.137. The molecule has 1 aromatic heterocycles. The van der Waals surface area contributed by atoms with E-state index in [0.29, 0.717) is 0 Å². The second-order valence-corrected chi connectivity index (χ2v) is 4.21. The van der Waals surface area contributed by atoms with Crippen LogP contribution in [0.1, 0.15) is 31.5 Å². The summed E-state index contributed by atoms with van der Waals surface area (Å²) in [6.07, 6.45) is 3.52. The average Bonchev–Trinajstić information content (AvgIpc) is 2.33. The quantitative estimate of drug-likeness (QED) is 0.810. The number of aromatic nitrogens is 1. The van der Waals surface area contributed by atoms with Gasteiger partial charge >= 0.3 is 0 Å². The molecule has 86 valence electrons. The summed E-state index contributed by atoms with van der Waals surface area (Å²) in [6, 6.07) is 5.44. The molecule has 0 spiro atoms. The SMILES string of the molecule is CC(c1ccccn1)N1CCCC(N)C1=O. The highest BCUT2D eigenvalue weighted by Crippen LogP contribution is 2.22. The Labute approximate surface area is 95.5 Å². The van der Waals surface area contributed by atoms with Crippen molar-refractivity contribution in [3.05, 3.63) is 30.1 Å². The molecule has 1 amide bonds. The van der Waals surface area contributed by atoms with Gasteiger partial charge in [0.1, 0.15) is 0 Å². The van der Waals surface area contributed by atoms with Gasteiger partial charge in [0.25, 0.3) is 0 Å². The number of amides is 1. The number of nitrogens with zero attached hydrogens (tertiary/aromatic N) is 2. The number of carbonyl (C=O) groups is 1. The van der Waals surface area contributed by atoms with Gasteiger partial charge in [-0.15, -0.1) is 0 Å². The number of rotatable bonds is 2. The Kier molecular flexibility index (Phi) is 3.19. The number of nitrogens with two attached hydrogens (primary N) is 1. The van der Waals surface area contributed by atoms with Crippen LogP contribution in [0.2, 0.25) is 0 Å². The first-order chi connectivity index (χ1) is 7.70. The van der Waals surface area contributed by atoms with Gasteiger partial charge < -0.3 is 10.6 Å². The molecule has 0 aromatic carbocycles. The minimum absolute atomic E-state index is 0.0139. The van der Waals surface area contributed by atoms with E-state index in [4.69, 9.17) is 5.73 Å². The fourth-order valence-corrected chi connectivity index (χ4v) is 2.10. The molecule has 1 aliphatic rings. The number of carbonyl (C=O) groups excluding carboxylic acids is 1. The van der Waals surface area contributed by atoms with Crippen molar-refractivity contribution in [1.29, 1.82) is 0 Å². The third kappa shape index (κ3) is 2.07. The molecule has 1 aromatic rings. The van der Waals surface area contributed by atoms with E-state index >= 15 is 0 Å². The largest absolute Gasteiger partial charge is 0.333 e. The van der Waals surface area contributed by atoms with Crippen LogP contribution in [-0.2, 0) is 4.79 Å². The van der Waals surface area contributed by atoms with E-state index in [-0.39, 0.29) is 18.0 Å².